The third-order valence-electron chi connectivity index (χ3n) is 1.82. The second-order valence-corrected chi connectivity index (χ2v) is 4.95. The number of ether oxygens (including phenoxy) is 2. The molecular formula is C12H18F3NO4. The number of carbonyl (C=O) groups is 2. The molecule has 0 unspecified atom stereocenters. The van der Waals surface area contributed by atoms with Gasteiger partial charge in [0.15, 0.2) is 0 Å². The van der Waals surface area contributed by atoms with E-state index in [9.17, 15) is 22.8 Å². The Morgan fingerprint density at radius 3 is 2.20 bits per heavy atom. The smallest absolute Gasteiger partial charge is 0.408 e. The fourth-order valence-electron chi connectivity index (χ4n) is 1.14. The molecule has 0 aliphatic heterocycles. The second kappa shape index (κ2) is 7.16. The number of hydrogen-bond donors (Lipinski definition) is 1. The Kier molecular flexibility index (Phi) is 6.54. The maximum atomic E-state index is 12.4. The molecule has 0 aromatic heterocycles. The van der Waals surface area contributed by atoms with Gasteiger partial charge in [-0.25, -0.2) is 9.59 Å². The van der Waals surface area contributed by atoms with Gasteiger partial charge in [-0.2, -0.15) is 13.2 Å². The van der Waals surface area contributed by atoms with Crippen molar-refractivity contribution in [2.45, 2.75) is 45.0 Å². The molecule has 1 amide bonds. The normalized spacial score (nSPS) is 13.9. The van der Waals surface area contributed by atoms with Gasteiger partial charge in [-0.1, -0.05) is 6.08 Å². The summed E-state index contributed by atoms with van der Waals surface area (Å²) in [6.07, 6.45) is -5.10. The highest BCUT2D eigenvalue weighted by atomic mass is 19.4. The minimum Gasteiger partial charge on any atom is -0.466 e. The molecular weight excluding hydrogens is 279 g/mol. The summed E-state index contributed by atoms with van der Waals surface area (Å²) in [7, 11) is 1.09. The Hall–Kier alpha value is -1.73. The van der Waals surface area contributed by atoms with Crippen LogP contribution in [0.4, 0.5) is 18.0 Å². The Labute approximate surface area is 115 Å². The van der Waals surface area contributed by atoms with Crippen LogP contribution < -0.4 is 5.32 Å². The highest BCUT2D eigenvalue weighted by Crippen LogP contribution is 2.22. The van der Waals surface area contributed by atoms with Gasteiger partial charge in [-0.05, 0) is 20.8 Å². The lowest BCUT2D eigenvalue weighted by Crippen LogP contribution is -2.40. The number of nitrogens with one attached hydrogen (secondary N) is 1. The first-order valence-electron chi connectivity index (χ1n) is 5.75. The third-order valence-corrected chi connectivity index (χ3v) is 1.82. The molecule has 0 aromatic carbocycles. The number of halogens is 3. The van der Waals surface area contributed by atoms with Crippen LogP contribution in [0, 0.1) is 0 Å². The topological polar surface area (TPSA) is 64.6 Å². The number of amides is 1. The van der Waals surface area contributed by atoms with E-state index in [2.05, 4.69) is 4.74 Å². The van der Waals surface area contributed by atoms with E-state index in [1.165, 1.54) is 0 Å². The van der Waals surface area contributed by atoms with E-state index in [0.717, 1.165) is 19.3 Å². The van der Waals surface area contributed by atoms with Gasteiger partial charge in [0.1, 0.15) is 5.60 Å². The lowest BCUT2D eigenvalue weighted by atomic mass is 10.2. The van der Waals surface area contributed by atoms with Gasteiger partial charge in [0.2, 0.25) is 0 Å². The Bertz CT molecular complexity index is 372. The first kappa shape index (κ1) is 18.3. The Morgan fingerprint density at radius 1 is 1.25 bits per heavy atom. The SMILES string of the molecule is COC(=O)/C=C/[C@H](CC(F)(F)F)NC(=O)OC(C)(C)C. The first-order chi connectivity index (χ1) is 8.93. The molecule has 20 heavy (non-hydrogen) atoms. The Balaban J connectivity index is 4.73. The number of esters is 1. The molecule has 116 valence electrons. The summed E-state index contributed by atoms with van der Waals surface area (Å²) in [6, 6.07) is -1.41. The lowest BCUT2D eigenvalue weighted by molar-refractivity contribution is -0.138. The van der Waals surface area contributed by atoms with Crippen molar-refractivity contribution in [3.8, 4) is 0 Å². The first-order valence-corrected chi connectivity index (χ1v) is 5.75. The maximum absolute atomic E-state index is 12.4. The largest absolute Gasteiger partial charge is 0.466 e. The lowest BCUT2D eigenvalue weighted by Gasteiger charge is -2.22. The van der Waals surface area contributed by atoms with Crippen LogP contribution in [0.5, 0.6) is 0 Å². The molecule has 0 fully saturated rings. The highest BCUT2D eigenvalue weighted by Gasteiger charge is 2.32. The zero-order chi connectivity index (χ0) is 16.0. The van der Waals surface area contributed by atoms with Gasteiger partial charge in [0.25, 0.3) is 0 Å². The molecule has 0 saturated heterocycles. The summed E-state index contributed by atoms with van der Waals surface area (Å²) in [5.74, 6) is -0.817. The monoisotopic (exact) mass is 297 g/mol. The molecule has 0 aromatic rings. The van der Waals surface area contributed by atoms with E-state index in [1.54, 1.807) is 20.8 Å². The molecule has 0 radical (unpaired) electrons. The van der Waals surface area contributed by atoms with Crippen molar-refractivity contribution in [1.82, 2.24) is 5.32 Å². The quantitative estimate of drug-likeness (QED) is 0.640. The van der Waals surface area contributed by atoms with Crippen LogP contribution in [0.3, 0.4) is 0 Å². The fourth-order valence-corrected chi connectivity index (χ4v) is 1.14. The van der Waals surface area contributed by atoms with E-state index >= 15 is 0 Å². The van der Waals surface area contributed by atoms with Gasteiger partial charge in [0, 0.05) is 6.08 Å². The Morgan fingerprint density at radius 2 is 1.80 bits per heavy atom. The van der Waals surface area contributed by atoms with Crippen molar-refractivity contribution in [2.24, 2.45) is 0 Å². The third kappa shape index (κ3) is 10.2. The molecule has 8 heteroatoms. The van der Waals surface area contributed by atoms with Crippen LogP contribution in [-0.2, 0) is 14.3 Å². The van der Waals surface area contributed by atoms with Gasteiger partial charge in [-0.3, -0.25) is 0 Å². The summed E-state index contributed by atoms with van der Waals surface area (Å²) < 4.78 is 46.2. The standard InChI is InChI=1S/C12H18F3NO4/c1-11(2,3)20-10(18)16-8(7-12(13,14)15)5-6-9(17)19-4/h5-6,8H,7H2,1-4H3,(H,16,18)/b6-5+/t8-/m1/s1. The molecule has 0 aliphatic carbocycles. The number of methoxy groups -OCH3 is 1. The van der Waals surface area contributed by atoms with Crippen molar-refractivity contribution < 1.29 is 32.2 Å². The van der Waals surface area contributed by atoms with E-state index in [-0.39, 0.29) is 0 Å². The number of alkyl halides is 3. The molecule has 5 nitrogen and oxygen atoms in total. The molecule has 0 bridgehead atoms. The van der Waals surface area contributed by atoms with Gasteiger partial charge < -0.3 is 14.8 Å². The van der Waals surface area contributed by atoms with Crippen LogP contribution in [0.2, 0.25) is 0 Å². The fraction of sp³-hybridized carbons (Fsp3) is 0.667. The number of alkyl carbamates (subject to hydrolysis) is 1. The van der Waals surface area contributed by atoms with E-state index < -0.39 is 36.3 Å². The molecule has 1 N–H and O–H groups in total. The summed E-state index contributed by atoms with van der Waals surface area (Å²) in [5.41, 5.74) is -0.834. The highest BCUT2D eigenvalue weighted by molar-refractivity contribution is 5.82. The summed E-state index contributed by atoms with van der Waals surface area (Å²) in [6.45, 7) is 4.74. The average Bonchev–Trinajstić information content (AvgIpc) is 2.20. The molecule has 0 aliphatic rings. The van der Waals surface area contributed by atoms with Crippen LogP contribution in [0.1, 0.15) is 27.2 Å². The number of hydrogen-bond acceptors (Lipinski definition) is 4. The predicted octanol–water partition coefficient (Wildman–Crippen LogP) is 2.56. The molecule has 0 heterocycles. The minimum atomic E-state index is -4.50. The van der Waals surface area contributed by atoms with E-state index in [1.807, 2.05) is 5.32 Å². The maximum Gasteiger partial charge on any atom is 0.408 e. The minimum absolute atomic E-state index is 0.813. The number of carbonyl (C=O) groups excluding carboxylic acids is 2. The van der Waals surface area contributed by atoms with Crippen LogP contribution in [0.25, 0.3) is 0 Å². The van der Waals surface area contributed by atoms with Gasteiger partial charge >= 0.3 is 18.2 Å². The van der Waals surface area contributed by atoms with Crippen molar-refractivity contribution in [2.75, 3.05) is 7.11 Å². The van der Waals surface area contributed by atoms with E-state index in [4.69, 9.17) is 4.74 Å². The van der Waals surface area contributed by atoms with Crippen molar-refractivity contribution in [1.29, 1.82) is 0 Å². The van der Waals surface area contributed by atoms with Gasteiger partial charge in [-0.15, -0.1) is 0 Å². The van der Waals surface area contributed by atoms with E-state index in [0.29, 0.717) is 0 Å². The van der Waals surface area contributed by atoms with Crippen molar-refractivity contribution in [3.63, 3.8) is 0 Å². The second-order valence-electron chi connectivity index (χ2n) is 4.95. The average molecular weight is 297 g/mol. The summed E-state index contributed by atoms with van der Waals surface area (Å²) in [4.78, 5) is 22.3. The zero-order valence-electron chi connectivity index (χ0n) is 11.7. The predicted molar refractivity (Wildman–Crippen MR) is 65.0 cm³/mol. The summed E-state index contributed by atoms with van der Waals surface area (Å²) >= 11 is 0. The molecule has 0 rings (SSSR count). The van der Waals surface area contributed by atoms with Crippen LogP contribution >= 0.6 is 0 Å². The van der Waals surface area contributed by atoms with Crippen molar-refractivity contribution >= 4 is 12.1 Å². The molecule has 0 saturated carbocycles. The van der Waals surface area contributed by atoms with Gasteiger partial charge in [0.05, 0.1) is 19.6 Å². The van der Waals surface area contributed by atoms with Crippen molar-refractivity contribution in [3.05, 3.63) is 12.2 Å². The van der Waals surface area contributed by atoms with Crippen LogP contribution in [0.15, 0.2) is 12.2 Å². The number of rotatable bonds is 4. The summed E-state index contributed by atoms with van der Waals surface area (Å²) in [5, 5.41) is 2.03. The molecule has 0 spiro atoms. The zero-order valence-corrected chi connectivity index (χ0v) is 11.7. The molecule has 1 atom stereocenters. The van der Waals surface area contributed by atoms with Crippen LogP contribution in [-0.4, -0.2) is 37.0 Å².